The molecule has 0 fully saturated rings. The first kappa shape index (κ1) is 9.41. The van der Waals surface area contributed by atoms with Crippen LogP contribution in [0.1, 0.15) is 17.5 Å². The van der Waals surface area contributed by atoms with Crippen LogP contribution in [0.5, 0.6) is 0 Å². The van der Waals surface area contributed by atoms with Crippen molar-refractivity contribution < 1.29 is 4.39 Å². The Balaban J connectivity index is 2.35. The highest BCUT2D eigenvalue weighted by Gasteiger charge is 2.09. The minimum absolute atomic E-state index is 0.0989. The highest BCUT2D eigenvalue weighted by atomic mass is 19.1. The lowest BCUT2D eigenvalue weighted by molar-refractivity contribution is 0.620. The Morgan fingerprint density at radius 2 is 2.21 bits per heavy atom. The normalized spacial score (nSPS) is 16.6. The Bertz CT molecular complexity index is 369. The van der Waals surface area contributed by atoms with E-state index in [-0.39, 0.29) is 5.82 Å². The molecule has 1 N–H and O–H groups in total. The number of hydrogen-bond acceptors (Lipinski definition) is 1. The molecule has 0 aliphatic carbocycles. The molecular weight excluding hydrogens is 177 g/mol. The van der Waals surface area contributed by atoms with E-state index in [1.807, 2.05) is 19.1 Å². The van der Waals surface area contributed by atoms with Crippen molar-refractivity contribution in [1.29, 1.82) is 0 Å². The number of hydrogen-bond donors (Lipinski definition) is 1. The van der Waals surface area contributed by atoms with Gasteiger partial charge in [0.2, 0.25) is 0 Å². The fourth-order valence-electron chi connectivity index (χ4n) is 1.75. The third kappa shape index (κ3) is 1.85. The largest absolute Gasteiger partial charge is 0.313 e. The average molecular weight is 191 g/mol. The van der Waals surface area contributed by atoms with Gasteiger partial charge >= 0.3 is 0 Å². The van der Waals surface area contributed by atoms with Crippen LogP contribution in [0.3, 0.4) is 0 Å². The molecule has 1 aliphatic heterocycles. The van der Waals surface area contributed by atoms with Crippen molar-refractivity contribution in [2.24, 2.45) is 0 Å². The van der Waals surface area contributed by atoms with E-state index in [2.05, 4.69) is 11.4 Å². The van der Waals surface area contributed by atoms with E-state index in [1.54, 1.807) is 6.07 Å². The summed E-state index contributed by atoms with van der Waals surface area (Å²) in [5.41, 5.74) is 2.86. The maximum atomic E-state index is 13.6. The van der Waals surface area contributed by atoms with Gasteiger partial charge in [0.15, 0.2) is 0 Å². The van der Waals surface area contributed by atoms with Gasteiger partial charge in [0.1, 0.15) is 5.82 Å². The van der Waals surface area contributed by atoms with Crippen molar-refractivity contribution in [3.63, 3.8) is 0 Å². The van der Waals surface area contributed by atoms with Gasteiger partial charge in [-0.1, -0.05) is 18.2 Å². The first-order valence-electron chi connectivity index (χ1n) is 4.93. The van der Waals surface area contributed by atoms with Gasteiger partial charge in [0.05, 0.1) is 0 Å². The van der Waals surface area contributed by atoms with Crippen LogP contribution in [-0.2, 0) is 0 Å². The quantitative estimate of drug-likeness (QED) is 0.719. The Morgan fingerprint density at radius 1 is 1.36 bits per heavy atom. The summed E-state index contributed by atoms with van der Waals surface area (Å²) in [5.74, 6) is -0.0989. The molecular formula is C12H14FN. The van der Waals surface area contributed by atoms with Gasteiger partial charge in [0.25, 0.3) is 0 Å². The Morgan fingerprint density at radius 3 is 2.86 bits per heavy atom. The second kappa shape index (κ2) is 3.93. The Hall–Kier alpha value is -1.15. The molecule has 1 aromatic carbocycles. The number of halogens is 1. The van der Waals surface area contributed by atoms with Crippen LogP contribution < -0.4 is 5.32 Å². The van der Waals surface area contributed by atoms with Crippen LogP contribution in [0.25, 0.3) is 5.57 Å². The first-order valence-corrected chi connectivity index (χ1v) is 4.93. The van der Waals surface area contributed by atoms with Crippen LogP contribution in [0.2, 0.25) is 0 Å². The highest BCUT2D eigenvalue weighted by molar-refractivity contribution is 5.67. The van der Waals surface area contributed by atoms with Crippen LogP contribution in [0, 0.1) is 12.7 Å². The Kier molecular flexibility index (Phi) is 2.64. The van der Waals surface area contributed by atoms with Crippen LogP contribution in [0.4, 0.5) is 4.39 Å². The van der Waals surface area contributed by atoms with E-state index in [9.17, 15) is 4.39 Å². The predicted molar refractivity (Wildman–Crippen MR) is 56.6 cm³/mol. The minimum Gasteiger partial charge on any atom is -0.313 e. The molecule has 0 atom stereocenters. The SMILES string of the molecule is Cc1ccc(C2=CCNCC2)c(F)c1. The molecule has 2 heteroatoms. The molecule has 0 saturated carbocycles. The third-order valence-electron chi connectivity index (χ3n) is 2.53. The summed E-state index contributed by atoms with van der Waals surface area (Å²) in [6.45, 7) is 3.70. The van der Waals surface area contributed by atoms with Gasteiger partial charge in [-0.15, -0.1) is 0 Å². The van der Waals surface area contributed by atoms with Crippen molar-refractivity contribution in [2.45, 2.75) is 13.3 Å². The van der Waals surface area contributed by atoms with E-state index in [4.69, 9.17) is 0 Å². The number of benzene rings is 1. The van der Waals surface area contributed by atoms with Crippen molar-refractivity contribution in [2.75, 3.05) is 13.1 Å². The second-order valence-corrected chi connectivity index (χ2v) is 3.67. The number of nitrogens with one attached hydrogen (secondary N) is 1. The van der Waals surface area contributed by atoms with Gasteiger partial charge in [-0.2, -0.15) is 0 Å². The van der Waals surface area contributed by atoms with E-state index in [1.165, 1.54) is 0 Å². The third-order valence-corrected chi connectivity index (χ3v) is 2.53. The summed E-state index contributed by atoms with van der Waals surface area (Å²) in [6, 6.07) is 5.43. The molecule has 74 valence electrons. The van der Waals surface area contributed by atoms with E-state index in [0.717, 1.165) is 36.2 Å². The zero-order valence-electron chi connectivity index (χ0n) is 8.31. The molecule has 0 spiro atoms. The van der Waals surface area contributed by atoms with Gasteiger partial charge in [-0.25, -0.2) is 4.39 Å². The second-order valence-electron chi connectivity index (χ2n) is 3.67. The molecule has 2 rings (SSSR count). The molecule has 1 heterocycles. The lowest BCUT2D eigenvalue weighted by Gasteiger charge is -2.14. The average Bonchev–Trinajstić information content (AvgIpc) is 2.19. The highest BCUT2D eigenvalue weighted by Crippen LogP contribution is 2.23. The first-order chi connectivity index (χ1) is 6.77. The fraction of sp³-hybridized carbons (Fsp3) is 0.333. The predicted octanol–water partition coefficient (Wildman–Crippen LogP) is 2.51. The number of aryl methyl sites for hydroxylation is 1. The maximum Gasteiger partial charge on any atom is 0.130 e. The lowest BCUT2D eigenvalue weighted by atomic mass is 9.99. The van der Waals surface area contributed by atoms with Crippen molar-refractivity contribution in [3.05, 3.63) is 41.2 Å². The molecule has 1 aromatic rings. The monoisotopic (exact) mass is 191 g/mol. The summed E-state index contributed by atoms with van der Waals surface area (Å²) >= 11 is 0. The summed E-state index contributed by atoms with van der Waals surface area (Å²) in [5, 5.41) is 3.22. The lowest BCUT2D eigenvalue weighted by Crippen LogP contribution is -2.20. The van der Waals surface area contributed by atoms with Gasteiger partial charge in [0, 0.05) is 12.1 Å². The molecule has 0 unspecified atom stereocenters. The zero-order chi connectivity index (χ0) is 9.97. The molecule has 1 nitrogen and oxygen atoms in total. The molecule has 1 aliphatic rings. The maximum absolute atomic E-state index is 13.6. The molecule has 0 bridgehead atoms. The smallest absolute Gasteiger partial charge is 0.130 e. The van der Waals surface area contributed by atoms with Gasteiger partial charge in [-0.3, -0.25) is 0 Å². The summed E-state index contributed by atoms with van der Waals surface area (Å²) in [6.07, 6.45) is 2.98. The van der Waals surface area contributed by atoms with Gasteiger partial charge < -0.3 is 5.32 Å². The summed E-state index contributed by atoms with van der Waals surface area (Å²) in [7, 11) is 0. The van der Waals surface area contributed by atoms with Crippen LogP contribution in [0.15, 0.2) is 24.3 Å². The standard InChI is InChI=1S/C12H14FN/c1-9-2-3-11(12(13)8-9)10-4-6-14-7-5-10/h2-4,8,14H,5-7H2,1H3. The van der Waals surface area contributed by atoms with Gasteiger partial charge in [-0.05, 0) is 37.1 Å². The summed E-state index contributed by atoms with van der Waals surface area (Å²) in [4.78, 5) is 0. The molecule has 14 heavy (non-hydrogen) atoms. The van der Waals surface area contributed by atoms with Crippen molar-refractivity contribution in [3.8, 4) is 0 Å². The number of rotatable bonds is 1. The van der Waals surface area contributed by atoms with Crippen LogP contribution in [-0.4, -0.2) is 13.1 Å². The van der Waals surface area contributed by atoms with Crippen LogP contribution >= 0.6 is 0 Å². The van der Waals surface area contributed by atoms with E-state index < -0.39 is 0 Å². The van der Waals surface area contributed by atoms with Crippen molar-refractivity contribution in [1.82, 2.24) is 5.32 Å². The van der Waals surface area contributed by atoms with E-state index >= 15 is 0 Å². The topological polar surface area (TPSA) is 12.0 Å². The van der Waals surface area contributed by atoms with Crippen molar-refractivity contribution >= 4 is 5.57 Å². The molecule has 0 aromatic heterocycles. The minimum atomic E-state index is -0.0989. The Labute approximate surface area is 83.6 Å². The summed E-state index contributed by atoms with van der Waals surface area (Å²) < 4.78 is 13.6. The molecule has 0 amide bonds. The molecule has 0 radical (unpaired) electrons. The zero-order valence-corrected chi connectivity index (χ0v) is 8.31. The fourth-order valence-corrected chi connectivity index (χ4v) is 1.75. The molecule has 0 saturated heterocycles. The van der Waals surface area contributed by atoms with E-state index in [0.29, 0.717) is 0 Å².